The van der Waals surface area contributed by atoms with Crippen LogP contribution in [0.2, 0.25) is 10.0 Å². The topological polar surface area (TPSA) is 42.4 Å². The lowest BCUT2D eigenvalue weighted by molar-refractivity contribution is 0.280. The maximum absolute atomic E-state index is 9.30. The Hall–Kier alpha value is -1.29. The second-order valence-electron chi connectivity index (χ2n) is 4.73. The fourth-order valence-electron chi connectivity index (χ4n) is 1.69. The molecule has 1 N–H and O–H groups in total. The Balaban J connectivity index is 2.34. The van der Waals surface area contributed by atoms with Crippen molar-refractivity contribution >= 4 is 23.2 Å². The molecule has 5 heteroatoms. The van der Waals surface area contributed by atoms with E-state index in [1.54, 1.807) is 24.3 Å². The van der Waals surface area contributed by atoms with Crippen LogP contribution in [0.25, 0.3) is 0 Å². The number of aliphatic hydroxyl groups excluding tert-OH is 1. The molecule has 3 nitrogen and oxygen atoms in total. The van der Waals surface area contributed by atoms with E-state index in [9.17, 15) is 5.11 Å². The van der Waals surface area contributed by atoms with Crippen molar-refractivity contribution in [3.8, 4) is 11.6 Å². The lowest BCUT2D eigenvalue weighted by Gasteiger charge is -2.12. The van der Waals surface area contributed by atoms with Gasteiger partial charge in [-0.15, -0.1) is 0 Å². The molecule has 0 saturated heterocycles. The van der Waals surface area contributed by atoms with Gasteiger partial charge in [0.2, 0.25) is 5.88 Å². The molecule has 2 rings (SSSR count). The number of hydrogen-bond acceptors (Lipinski definition) is 3. The van der Waals surface area contributed by atoms with Crippen LogP contribution in [0.1, 0.15) is 31.0 Å². The Labute approximate surface area is 128 Å². The Morgan fingerprint density at radius 3 is 2.55 bits per heavy atom. The highest BCUT2D eigenvalue weighted by molar-refractivity contribution is 6.35. The van der Waals surface area contributed by atoms with E-state index in [-0.39, 0.29) is 12.5 Å². The molecular formula is C15H15Cl2NO2. The summed E-state index contributed by atoms with van der Waals surface area (Å²) in [5, 5.41) is 10.3. The number of nitrogens with zero attached hydrogens (tertiary/aromatic N) is 1. The first-order chi connectivity index (χ1) is 9.49. The molecule has 0 bridgehead atoms. The van der Waals surface area contributed by atoms with Gasteiger partial charge in [-0.2, -0.15) is 0 Å². The zero-order valence-electron chi connectivity index (χ0n) is 11.2. The SMILES string of the molecule is CC(C)c1cc(CO)cc(Oc2ccc(Cl)cc2Cl)n1. The predicted molar refractivity (Wildman–Crippen MR) is 80.8 cm³/mol. The first kappa shape index (κ1) is 15.1. The normalized spacial score (nSPS) is 10.9. The molecule has 0 aliphatic heterocycles. The number of pyridine rings is 1. The Morgan fingerprint density at radius 2 is 1.95 bits per heavy atom. The average molecular weight is 312 g/mol. The first-order valence-electron chi connectivity index (χ1n) is 6.24. The third-order valence-corrected chi connectivity index (χ3v) is 3.29. The molecule has 2 aromatic rings. The van der Waals surface area contributed by atoms with Crippen LogP contribution in [-0.4, -0.2) is 10.1 Å². The van der Waals surface area contributed by atoms with Crippen LogP contribution < -0.4 is 4.74 Å². The number of aliphatic hydroxyl groups is 1. The largest absolute Gasteiger partial charge is 0.437 e. The van der Waals surface area contributed by atoms with Crippen molar-refractivity contribution in [2.24, 2.45) is 0 Å². The van der Waals surface area contributed by atoms with E-state index in [0.717, 1.165) is 11.3 Å². The maximum atomic E-state index is 9.30. The summed E-state index contributed by atoms with van der Waals surface area (Å²) in [4.78, 5) is 4.41. The number of ether oxygens (including phenoxy) is 1. The van der Waals surface area contributed by atoms with Crippen molar-refractivity contribution in [2.75, 3.05) is 0 Å². The van der Waals surface area contributed by atoms with Crippen molar-refractivity contribution in [3.63, 3.8) is 0 Å². The summed E-state index contributed by atoms with van der Waals surface area (Å²) in [6.45, 7) is 4.00. The molecular weight excluding hydrogens is 297 g/mol. The molecule has 20 heavy (non-hydrogen) atoms. The summed E-state index contributed by atoms with van der Waals surface area (Å²) in [5.41, 5.74) is 1.61. The highest BCUT2D eigenvalue weighted by atomic mass is 35.5. The minimum Gasteiger partial charge on any atom is -0.437 e. The summed E-state index contributed by atoms with van der Waals surface area (Å²) < 4.78 is 5.68. The molecule has 0 unspecified atom stereocenters. The van der Waals surface area contributed by atoms with Gasteiger partial charge >= 0.3 is 0 Å². The molecule has 0 radical (unpaired) electrons. The predicted octanol–water partition coefficient (Wildman–Crippen LogP) is 4.80. The van der Waals surface area contributed by atoms with E-state index in [0.29, 0.717) is 21.7 Å². The quantitative estimate of drug-likeness (QED) is 0.882. The van der Waals surface area contributed by atoms with Crippen molar-refractivity contribution in [1.82, 2.24) is 4.98 Å². The molecule has 106 valence electrons. The number of aromatic nitrogens is 1. The molecule has 1 aromatic heterocycles. The lowest BCUT2D eigenvalue weighted by atomic mass is 10.1. The van der Waals surface area contributed by atoms with E-state index in [1.807, 2.05) is 19.9 Å². The second kappa shape index (κ2) is 6.44. The summed E-state index contributed by atoms with van der Waals surface area (Å²) in [6, 6.07) is 8.55. The fourth-order valence-corrected chi connectivity index (χ4v) is 2.14. The van der Waals surface area contributed by atoms with Crippen LogP contribution in [0.15, 0.2) is 30.3 Å². The third-order valence-electron chi connectivity index (χ3n) is 2.76. The van der Waals surface area contributed by atoms with E-state index in [1.165, 1.54) is 0 Å². The van der Waals surface area contributed by atoms with Gasteiger partial charge in [-0.3, -0.25) is 0 Å². The van der Waals surface area contributed by atoms with Crippen molar-refractivity contribution < 1.29 is 9.84 Å². The lowest BCUT2D eigenvalue weighted by Crippen LogP contribution is -1.99. The number of benzene rings is 1. The summed E-state index contributed by atoms with van der Waals surface area (Å²) in [5.74, 6) is 1.13. The zero-order chi connectivity index (χ0) is 14.7. The van der Waals surface area contributed by atoms with Crippen LogP contribution in [0.5, 0.6) is 11.6 Å². The summed E-state index contributed by atoms with van der Waals surface area (Å²) in [6.07, 6.45) is 0. The molecule has 0 spiro atoms. The molecule has 0 aliphatic carbocycles. The van der Waals surface area contributed by atoms with E-state index in [4.69, 9.17) is 27.9 Å². The summed E-state index contributed by atoms with van der Waals surface area (Å²) in [7, 11) is 0. The van der Waals surface area contributed by atoms with Crippen LogP contribution in [0.4, 0.5) is 0 Å². The van der Waals surface area contributed by atoms with Gasteiger partial charge in [-0.1, -0.05) is 37.0 Å². The van der Waals surface area contributed by atoms with Gasteiger partial charge in [-0.25, -0.2) is 4.98 Å². The van der Waals surface area contributed by atoms with E-state index >= 15 is 0 Å². The summed E-state index contributed by atoms with van der Waals surface area (Å²) >= 11 is 11.9. The maximum Gasteiger partial charge on any atom is 0.219 e. The van der Waals surface area contributed by atoms with Crippen molar-refractivity contribution in [2.45, 2.75) is 26.4 Å². The monoisotopic (exact) mass is 311 g/mol. The molecule has 1 aromatic carbocycles. The van der Waals surface area contributed by atoms with Gasteiger partial charge in [0.1, 0.15) is 5.75 Å². The molecule has 0 atom stereocenters. The van der Waals surface area contributed by atoms with Crippen LogP contribution >= 0.6 is 23.2 Å². The van der Waals surface area contributed by atoms with Crippen LogP contribution in [0, 0.1) is 0 Å². The third kappa shape index (κ3) is 3.63. The smallest absolute Gasteiger partial charge is 0.219 e. The standard InChI is InChI=1S/C15H15Cl2NO2/c1-9(2)13-5-10(8-19)6-15(18-13)20-14-4-3-11(16)7-12(14)17/h3-7,9,19H,8H2,1-2H3. The highest BCUT2D eigenvalue weighted by Gasteiger charge is 2.09. The average Bonchev–Trinajstić information content (AvgIpc) is 2.41. The Bertz CT molecular complexity index is 615. The zero-order valence-corrected chi connectivity index (χ0v) is 12.7. The van der Waals surface area contributed by atoms with Gasteiger partial charge < -0.3 is 9.84 Å². The van der Waals surface area contributed by atoms with Crippen LogP contribution in [-0.2, 0) is 6.61 Å². The Morgan fingerprint density at radius 1 is 1.20 bits per heavy atom. The van der Waals surface area contributed by atoms with Gasteiger partial charge in [0.15, 0.2) is 0 Å². The van der Waals surface area contributed by atoms with Gasteiger partial charge in [0.05, 0.1) is 11.6 Å². The van der Waals surface area contributed by atoms with E-state index in [2.05, 4.69) is 4.98 Å². The van der Waals surface area contributed by atoms with Gasteiger partial charge in [0.25, 0.3) is 0 Å². The number of rotatable bonds is 4. The Kier molecular flexibility index (Phi) is 4.86. The van der Waals surface area contributed by atoms with Crippen LogP contribution in [0.3, 0.4) is 0 Å². The van der Waals surface area contributed by atoms with E-state index < -0.39 is 0 Å². The molecule has 1 heterocycles. The van der Waals surface area contributed by atoms with Crippen molar-refractivity contribution in [3.05, 3.63) is 51.6 Å². The molecule has 0 aliphatic rings. The number of hydrogen-bond donors (Lipinski definition) is 1. The minimum atomic E-state index is -0.0625. The second-order valence-corrected chi connectivity index (χ2v) is 5.57. The molecule has 0 amide bonds. The fraction of sp³-hybridized carbons (Fsp3) is 0.267. The molecule has 0 fully saturated rings. The van der Waals surface area contributed by atoms with Gasteiger partial charge in [-0.05, 0) is 35.7 Å². The molecule has 0 saturated carbocycles. The first-order valence-corrected chi connectivity index (χ1v) is 7.00. The van der Waals surface area contributed by atoms with Gasteiger partial charge in [0, 0.05) is 16.8 Å². The minimum absolute atomic E-state index is 0.0625. The highest BCUT2D eigenvalue weighted by Crippen LogP contribution is 2.31. The van der Waals surface area contributed by atoms with Crippen molar-refractivity contribution in [1.29, 1.82) is 0 Å². The number of halogens is 2.